The van der Waals surface area contributed by atoms with Crippen LogP contribution in [0.4, 0.5) is 0 Å². The van der Waals surface area contributed by atoms with E-state index in [1.165, 1.54) is 12.7 Å². The first-order valence-electron chi connectivity index (χ1n) is 6.42. The maximum atomic E-state index is 12.4. The molecule has 5 heteroatoms. The molecule has 0 radical (unpaired) electrons. The van der Waals surface area contributed by atoms with Gasteiger partial charge in [0.05, 0.1) is 11.8 Å². The van der Waals surface area contributed by atoms with Gasteiger partial charge in [0.2, 0.25) is 5.22 Å². The number of nitrogens with one attached hydrogen (secondary N) is 1. The van der Waals surface area contributed by atoms with E-state index in [9.17, 15) is 4.79 Å². The first kappa shape index (κ1) is 13.4. The number of hydrogen-bond acceptors (Lipinski definition) is 3. The minimum atomic E-state index is -0.00504. The quantitative estimate of drug-likeness (QED) is 0.915. The van der Waals surface area contributed by atoms with Gasteiger partial charge < -0.3 is 14.6 Å². The Morgan fingerprint density at radius 3 is 3.11 bits per heavy atom. The van der Waals surface area contributed by atoms with Gasteiger partial charge in [-0.15, -0.1) is 0 Å². The van der Waals surface area contributed by atoms with E-state index >= 15 is 0 Å². The molecule has 0 saturated carbocycles. The summed E-state index contributed by atoms with van der Waals surface area (Å²) in [6.45, 7) is 1.74. The van der Waals surface area contributed by atoms with Crippen LogP contribution in [0, 0.1) is 0 Å². The molecule has 0 aliphatic carbocycles. The van der Waals surface area contributed by atoms with E-state index in [-0.39, 0.29) is 11.1 Å². The largest absolute Gasteiger partial charge is 0.452 e. The Labute approximate surface area is 112 Å². The lowest BCUT2D eigenvalue weighted by molar-refractivity contribution is 0.0602. The first-order chi connectivity index (χ1) is 8.74. The van der Waals surface area contributed by atoms with Crippen LogP contribution < -0.4 is 5.32 Å². The average molecular weight is 271 g/mol. The zero-order chi connectivity index (χ0) is 13.0. The Morgan fingerprint density at radius 1 is 1.61 bits per heavy atom. The van der Waals surface area contributed by atoms with Crippen molar-refractivity contribution in [3.63, 3.8) is 0 Å². The molecule has 1 aromatic rings. The smallest absolute Gasteiger partial charge is 0.258 e. The van der Waals surface area contributed by atoms with Gasteiger partial charge in [-0.25, -0.2) is 0 Å². The molecule has 2 rings (SSSR count). The highest BCUT2D eigenvalue weighted by Crippen LogP contribution is 2.25. The van der Waals surface area contributed by atoms with Gasteiger partial charge in [0, 0.05) is 12.6 Å². The van der Waals surface area contributed by atoms with Crippen LogP contribution in [0.2, 0.25) is 5.22 Å². The third-order valence-electron chi connectivity index (χ3n) is 3.46. The molecule has 1 atom stereocenters. The van der Waals surface area contributed by atoms with Crippen LogP contribution in [0.5, 0.6) is 0 Å². The summed E-state index contributed by atoms with van der Waals surface area (Å²) >= 11 is 5.88. The van der Waals surface area contributed by atoms with Crippen LogP contribution in [0.3, 0.4) is 0 Å². The molecule has 1 fully saturated rings. The standard InChI is InChI=1S/C13H19ClN2O2/c1-15-7-5-10-4-2-3-8-16(10)13(17)11-6-9-18-12(11)14/h6,9-10,15H,2-5,7-8H2,1H3. The van der Waals surface area contributed by atoms with Gasteiger partial charge in [0.1, 0.15) is 0 Å². The summed E-state index contributed by atoms with van der Waals surface area (Å²) < 4.78 is 5.00. The number of piperidine rings is 1. The number of halogens is 1. The van der Waals surface area contributed by atoms with Crippen LogP contribution in [0.1, 0.15) is 36.0 Å². The molecule has 1 unspecified atom stereocenters. The Morgan fingerprint density at radius 2 is 2.44 bits per heavy atom. The van der Waals surface area contributed by atoms with Crippen molar-refractivity contribution >= 4 is 17.5 Å². The van der Waals surface area contributed by atoms with Crippen LogP contribution >= 0.6 is 11.6 Å². The second-order valence-electron chi connectivity index (χ2n) is 4.65. The van der Waals surface area contributed by atoms with E-state index < -0.39 is 0 Å². The molecule has 0 spiro atoms. The highest BCUT2D eigenvalue weighted by Gasteiger charge is 2.28. The Balaban J connectivity index is 2.08. The lowest BCUT2D eigenvalue weighted by Gasteiger charge is -2.35. The maximum Gasteiger partial charge on any atom is 0.258 e. The molecule has 2 heterocycles. The molecular weight excluding hydrogens is 252 g/mol. The lowest BCUT2D eigenvalue weighted by Crippen LogP contribution is -2.44. The van der Waals surface area contributed by atoms with Gasteiger partial charge in [-0.3, -0.25) is 4.79 Å². The average Bonchev–Trinajstić information content (AvgIpc) is 2.82. The van der Waals surface area contributed by atoms with E-state index in [1.54, 1.807) is 6.07 Å². The van der Waals surface area contributed by atoms with Crippen LogP contribution in [0.15, 0.2) is 16.7 Å². The Bertz CT molecular complexity index is 405. The molecule has 1 aliphatic heterocycles. The zero-order valence-corrected chi connectivity index (χ0v) is 11.4. The van der Waals surface area contributed by atoms with Crippen LogP contribution in [-0.2, 0) is 0 Å². The number of hydrogen-bond donors (Lipinski definition) is 1. The fourth-order valence-electron chi connectivity index (χ4n) is 2.48. The van der Waals surface area contributed by atoms with Crippen molar-refractivity contribution in [2.45, 2.75) is 31.7 Å². The molecule has 1 saturated heterocycles. The normalized spacial score (nSPS) is 20.1. The molecule has 0 bridgehead atoms. The lowest BCUT2D eigenvalue weighted by atomic mass is 9.98. The van der Waals surface area contributed by atoms with Gasteiger partial charge in [-0.1, -0.05) is 0 Å². The molecule has 1 amide bonds. The summed E-state index contributed by atoms with van der Waals surface area (Å²) in [5.74, 6) is -0.00504. The third-order valence-corrected chi connectivity index (χ3v) is 3.76. The number of carbonyl (C=O) groups is 1. The summed E-state index contributed by atoms with van der Waals surface area (Å²) in [5, 5.41) is 3.33. The molecular formula is C13H19ClN2O2. The van der Waals surface area contributed by atoms with Crippen molar-refractivity contribution in [1.29, 1.82) is 0 Å². The SMILES string of the molecule is CNCCC1CCCCN1C(=O)c1ccoc1Cl. The summed E-state index contributed by atoms with van der Waals surface area (Å²) in [5.41, 5.74) is 0.480. The van der Waals surface area contributed by atoms with Gasteiger partial charge >= 0.3 is 0 Å². The van der Waals surface area contributed by atoms with Crippen molar-refractivity contribution in [2.24, 2.45) is 0 Å². The van der Waals surface area contributed by atoms with E-state index in [0.29, 0.717) is 11.6 Å². The van der Waals surface area contributed by atoms with Gasteiger partial charge in [0.15, 0.2) is 0 Å². The van der Waals surface area contributed by atoms with Crippen molar-refractivity contribution < 1.29 is 9.21 Å². The van der Waals surface area contributed by atoms with E-state index in [0.717, 1.165) is 32.4 Å². The van der Waals surface area contributed by atoms with Crippen molar-refractivity contribution in [3.8, 4) is 0 Å². The van der Waals surface area contributed by atoms with Crippen molar-refractivity contribution in [1.82, 2.24) is 10.2 Å². The summed E-state index contributed by atoms with van der Waals surface area (Å²) in [7, 11) is 1.93. The minimum absolute atomic E-state index is 0.00504. The highest BCUT2D eigenvalue weighted by molar-refractivity contribution is 6.32. The number of furan rings is 1. The molecule has 1 N–H and O–H groups in total. The van der Waals surface area contributed by atoms with Gasteiger partial charge in [-0.05, 0) is 56.9 Å². The molecule has 18 heavy (non-hydrogen) atoms. The Hall–Kier alpha value is -1.00. The number of amides is 1. The molecule has 0 aromatic carbocycles. The highest BCUT2D eigenvalue weighted by atomic mass is 35.5. The maximum absolute atomic E-state index is 12.4. The zero-order valence-electron chi connectivity index (χ0n) is 10.6. The Kier molecular flexibility index (Phi) is 4.66. The fraction of sp³-hybridized carbons (Fsp3) is 0.615. The predicted octanol–water partition coefficient (Wildman–Crippen LogP) is 2.54. The predicted molar refractivity (Wildman–Crippen MR) is 70.9 cm³/mol. The van der Waals surface area contributed by atoms with Gasteiger partial charge in [-0.2, -0.15) is 0 Å². The molecule has 1 aliphatic rings. The summed E-state index contributed by atoms with van der Waals surface area (Å²) in [6.07, 6.45) is 5.78. The minimum Gasteiger partial charge on any atom is -0.452 e. The summed E-state index contributed by atoms with van der Waals surface area (Å²) in [6, 6.07) is 1.96. The van der Waals surface area contributed by atoms with Crippen LogP contribution in [0.25, 0.3) is 0 Å². The fourth-order valence-corrected chi connectivity index (χ4v) is 2.68. The topological polar surface area (TPSA) is 45.5 Å². The molecule has 1 aromatic heterocycles. The number of rotatable bonds is 4. The third kappa shape index (κ3) is 2.87. The molecule has 100 valence electrons. The second-order valence-corrected chi connectivity index (χ2v) is 4.99. The van der Waals surface area contributed by atoms with Crippen molar-refractivity contribution in [3.05, 3.63) is 23.1 Å². The van der Waals surface area contributed by atoms with Crippen molar-refractivity contribution in [2.75, 3.05) is 20.1 Å². The second kappa shape index (κ2) is 6.25. The number of carbonyl (C=O) groups excluding carboxylic acids is 1. The van der Waals surface area contributed by atoms with Gasteiger partial charge in [0.25, 0.3) is 5.91 Å². The summed E-state index contributed by atoms with van der Waals surface area (Å²) in [4.78, 5) is 14.4. The number of nitrogens with zero attached hydrogens (tertiary/aromatic N) is 1. The van der Waals surface area contributed by atoms with E-state index in [4.69, 9.17) is 16.0 Å². The van der Waals surface area contributed by atoms with E-state index in [2.05, 4.69) is 5.32 Å². The van der Waals surface area contributed by atoms with Crippen LogP contribution in [-0.4, -0.2) is 37.0 Å². The molecule has 4 nitrogen and oxygen atoms in total. The monoisotopic (exact) mass is 270 g/mol. The number of likely N-dealkylation sites (tertiary alicyclic amines) is 1. The first-order valence-corrected chi connectivity index (χ1v) is 6.80. The van der Waals surface area contributed by atoms with E-state index in [1.807, 2.05) is 11.9 Å².